The van der Waals surface area contributed by atoms with E-state index in [-0.39, 0.29) is 37.8 Å². The Bertz CT molecular complexity index is 643. The van der Waals surface area contributed by atoms with Crippen LogP contribution in [-0.4, -0.2) is 44.0 Å². The SMILES string of the molecule is CC(C)OC1CC(OCCOP(C)(=O)OCc2ccccc2)C=CC1=O. The number of carbonyl (C=O) groups excluding carboxylic acids is 1. The lowest BCUT2D eigenvalue weighted by molar-refractivity contribution is -0.132. The highest BCUT2D eigenvalue weighted by Gasteiger charge is 2.26. The zero-order chi connectivity index (χ0) is 19.0. The molecule has 0 amide bonds. The maximum Gasteiger partial charge on any atom is 0.328 e. The Hall–Kier alpha value is -1.30. The van der Waals surface area contributed by atoms with Crippen molar-refractivity contribution in [3.8, 4) is 0 Å². The highest BCUT2D eigenvalue weighted by Crippen LogP contribution is 2.44. The molecule has 3 atom stereocenters. The number of benzene rings is 1. The molecule has 0 aliphatic heterocycles. The summed E-state index contributed by atoms with van der Waals surface area (Å²) >= 11 is 0. The van der Waals surface area contributed by atoms with Gasteiger partial charge in [-0.15, -0.1) is 0 Å². The molecular formula is C19H27O6P. The van der Waals surface area contributed by atoms with Crippen molar-refractivity contribution in [1.82, 2.24) is 0 Å². The number of rotatable bonds is 10. The molecule has 1 aliphatic rings. The van der Waals surface area contributed by atoms with E-state index in [0.717, 1.165) is 5.56 Å². The topological polar surface area (TPSA) is 71.1 Å². The maximum atomic E-state index is 12.3. The van der Waals surface area contributed by atoms with E-state index in [9.17, 15) is 9.36 Å². The smallest absolute Gasteiger partial charge is 0.328 e. The Balaban J connectivity index is 1.68. The number of carbonyl (C=O) groups is 1. The van der Waals surface area contributed by atoms with E-state index in [1.54, 1.807) is 6.08 Å². The molecule has 0 N–H and O–H groups in total. The second-order valence-corrected chi connectivity index (χ2v) is 8.50. The van der Waals surface area contributed by atoms with E-state index >= 15 is 0 Å². The zero-order valence-corrected chi connectivity index (χ0v) is 16.4. The molecule has 144 valence electrons. The number of hydrogen-bond acceptors (Lipinski definition) is 6. The van der Waals surface area contributed by atoms with E-state index in [4.69, 9.17) is 18.5 Å². The van der Waals surface area contributed by atoms with Gasteiger partial charge in [-0.3, -0.25) is 9.36 Å². The van der Waals surface area contributed by atoms with Crippen LogP contribution in [0.2, 0.25) is 0 Å². The van der Waals surface area contributed by atoms with Crippen LogP contribution in [0, 0.1) is 0 Å². The minimum atomic E-state index is -3.15. The lowest BCUT2D eigenvalue weighted by atomic mass is 10.0. The molecule has 6 nitrogen and oxygen atoms in total. The van der Waals surface area contributed by atoms with Crippen LogP contribution in [0.25, 0.3) is 0 Å². The fraction of sp³-hybridized carbons (Fsp3) is 0.526. The van der Waals surface area contributed by atoms with Gasteiger partial charge in [-0.05, 0) is 25.5 Å². The van der Waals surface area contributed by atoms with Crippen LogP contribution in [0.1, 0.15) is 25.8 Å². The van der Waals surface area contributed by atoms with Gasteiger partial charge in [-0.25, -0.2) is 0 Å². The Morgan fingerprint density at radius 2 is 1.88 bits per heavy atom. The summed E-state index contributed by atoms with van der Waals surface area (Å²) < 4.78 is 34.3. The summed E-state index contributed by atoms with van der Waals surface area (Å²) in [4.78, 5) is 11.8. The second kappa shape index (κ2) is 10.1. The molecule has 0 saturated carbocycles. The van der Waals surface area contributed by atoms with Crippen LogP contribution in [0.3, 0.4) is 0 Å². The van der Waals surface area contributed by atoms with Gasteiger partial charge in [0.15, 0.2) is 5.78 Å². The molecule has 0 radical (unpaired) electrons. The predicted octanol–water partition coefficient (Wildman–Crippen LogP) is 3.75. The van der Waals surface area contributed by atoms with Gasteiger partial charge in [0.25, 0.3) is 0 Å². The molecule has 0 fully saturated rings. The van der Waals surface area contributed by atoms with E-state index in [1.165, 1.54) is 12.7 Å². The molecule has 1 aromatic rings. The van der Waals surface area contributed by atoms with Crippen LogP contribution in [0.4, 0.5) is 0 Å². The van der Waals surface area contributed by atoms with Crippen LogP contribution in [-0.2, 0) is 34.5 Å². The van der Waals surface area contributed by atoms with Gasteiger partial charge >= 0.3 is 7.60 Å². The first-order valence-electron chi connectivity index (χ1n) is 8.75. The molecule has 0 bridgehead atoms. The maximum absolute atomic E-state index is 12.3. The second-order valence-electron chi connectivity index (χ2n) is 6.44. The largest absolute Gasteiger partial charge is 0.372 e. The molecular weight excluding hydrogens is 355 g/mol. The first-order chi connectivity index (χ1) is 12.4. The molecule has 26 heavy (non-hydrogen) atoms. The minimum absolute atomic E-state index is 0.0211. The van der Waals surface area contributed by atoms with Crippen LogP contribution >= 0.6 is 7.60 Å². The molecule has 0 saturated heterocycles. The summed E-state index contributed by atoms with van der Waals surface area (Å²) in [5.41, 5.74) is 0.933. The van der Waals surface area contributed by atoms with Gasteiger partial charge in [0.1, 0.15) is 6.10 Å². The molecule has 0 aromatic heterocycles. The van der Waals surface area contributed by atoms with Crippen molar-refractivity contribution < 1.29 is 27.9 Å². The third-order valence-electron chi connectivity index (χ3n) is 3.72. The molecule has 0 spiro atoms. The highest BCUT2D eigenvalue weighted by atomic mass is 31.2. The normalized spacial score (nSPS) is 22.5. The number of ketones is 1. The van der Waals surface area contributed by atoms with E-state index < -0.39 is 13.7 Å². The minimum Gasteiger partial charge on any atom is -0.372 e. The van der Waals surface area contributed by atoms with Crippen molar-refractivity contribution in [3.05, 3.63) is 48.0 Å². The van der Waals surface area contributed by atoms with Gasteiger partial charge in [0, 0.05) is 13.1 Å². The van der Waals surface area contributed by atoms with Crippen molar-refractivity contribution in [2.45, 2.75) is 45.2 Å². The van der Waals surface area contributed by atoms with Crippen LogP contribution in [0.5, 0.6) is 0 Å². The summed E-state index contributed by atoms with van der Waals surface area (Å²) in [5.74, 6) is -0.0397. The van der Waals surface area contributed by atoms with E-state index in [2.05, 4.69) is 0 Å². The average molecular weight is 382 g/mol. The summed E-state index contributed by atoms with van der Waals surface area (Å²) in [5, 5.41) is 0. The lowest BCUT2D eigenvalue weighted by Crippen LogP contribution is -2.34. The third-order valence-corrected chi connectivity index (χ3v) is 4.97. The standard InChI is InChI=1S/C19H27O6P/c1-15(2)25-19-13-17(9-10-18(19)20)22-11-12-23-26(3,21)24-14-16-7-5-4-6-8-16/h4-10,15,17,19H,11-14H2,1-3H3. The predicted molar refractivity (Wildman–Crippen MR) is 99.2 cm³/mol. The zero-order valence-electron chi connectivity index (χ0n) is 15.5. The summed E-state index contributed by atoms with van der Waals surface area (Å²) in [6, 6.07) is 9.50. The van der Waals surface area contributed by atoms with Crippen molar-refractivity contribution >= 4 is 13.4 Å². The summed E-state index contributed by atoms with van der Waals surface area (Å²) in [7, 11) is -3.15. The van der Waals surface area contributed by atoms with Crippen molar-refractivity contribution in [2.24, 2.45) is 0 Å². The van der Waals surface area contributed by atoms with E-state index in [0.29, 0.717) is 6.42 Å². The summed E-state index contributed by atoms with van der Waals surface area (Å²) in [6.45, 7) is 5.87. The monoisotopic (exact) mass is 382 g/mol. The average Bonchev–Trinajstić information content (AvgIpc) is 2.60. The Labute approximate surface area is 155 Å². The first kappa shape index (κ1) is 21.0. The molecule has 1 aromatic carbocycles. The Morgan fingerprint density at radius 1 is 1.15 bits per heavy atom. The van der Waals surface area contributed by atoms with Gasteiger partial charge in [0.2, 0.25) is 0 Å². The highest BCUT2D eigenvalue weighted by molar-refractivity contribution is 7.52. The van der Waals surface area contributed by atoms with Gasteiger partial charge in [0.05, 0.1) is 32.0 Å². The Kier molecular flexibility index (Phi) is 8.19. The fourth-order valence-electron chi connectivity index (χ4n) is 2.50. The number of ether oxygens (including phenoxy) is 2. The molecule has 7 heteroatoms. The third kappa shape index (κ3) is 7.52. The fourth-order valence-corrected chi connectivity index (χ4v) is 3.36. The van der Waals surface area contributed by atoms with Crippen molar-refractivity contribution in [2.75, 3.05) is 19.9 Å². The summed E-state index contributed by atoms with van der Waals surface area (Å²) in [6.07, 6.45) is 2.98. The van der Waals surface area contributed by atoms with Gasteiger partial charge in [-0.1, -0.05) is 36.4 Å². The van der Waals surface area contributed by atoms with Crippen LogP contribution in [0.15, 0.2) is 42.5 Å². The molecule has 2 rings (SSSR count). The Morgan fingerprint density at radius 3 is 2.58 bits per heavy atom. The van der Waals surface area contributed by atoms with E-state index in [1.807, 2.05) is 44.2 Å². The first-order valence-corrected chi connectivity index (χ1v) is 10.7. The quantitative estimate of drug-likeness (QED) is 0.453. The molecule has 3 unspecified atom stereocenters. The molecule has 1 aliphatic carbocycles. The lowest BCUT2D eigenvalue weighted by Gasteiger charge is -2.25. The number of hydrogen-bond donors (Lipinski definition) is 0. The van der Waals surface area contributed by atoms with Gasteiger partial charge < -0.3 is 18.5 Å². The van der Waals surface area contributed by atoms with Gasteiger partial charge in [-0.2, -0.15) is 0 Å². The van der Waals surface area contributed by atoms with Crippen LogP contribution < -0.4 is 0 Å². The van der Waals surface area contributed by atoms with Crippen molar-refractivity contribution in [1.29, 1.82) is 0 Å². The molecule has 0 heterocycles. The van der Waals surface area contributed by atoms with Crippen molar-refractivity contribution in [3.63, 3.8) is 0 Å².